The molecule has 5 nitrogen and oxygen atoms in total. The van der Waals surface area contributed by atoms with Crippen LogP contribution in [0, 0.1) is 6.92 Å². The molecule has 1 aromatic heterocycles. The summed E-state index contributed by atoms with van der Waals surface area (Å²) in [6.45, 7) is 2.27. The first-order chi connectivity index (χ1) is 11.2. The topological polar surface area (TPSA) is 60.5 Å². The number of fused-ring (bicyclic) bond motifs is 2. The van der Waals surface area contributed by atoms with Gasteiger partial charge in [-0.25, -0.2) is 4.98 Å². The van der Waals surface area contributed by atoms with Crippen LogP contribution >= 0.6 is 11.3 Å². The number of amides is 1. The number of carbonyl (C=O) groups excluding carboxylic acids is 1. The Kier molecular flexibility index (Phi) is 3.69. The van der Waals surface area contributed by atoms with Crippen LogP contribution in [0.2, 0.25) is 0 Å². The lowest BCUT2D eigenvalue weighted by Gasteiger charge is -2.22. The van der Waals surface area contributed by atoms with Crippen LogP contribution < -0.4 is 14.8 Å². The van der Waals surface area contributed by atoms with Gasteiger partial charge in [0.25, 0.3) is 0 Å². The summed E-state index contributed by atoms with van der Waals surface area (Å²) in [4.78, 5) is 18.3. The molecule has 0 spiro atoms. The molecule has 1 amide bonds. The molecule has 1 atom stereocenters. The van der Waals surface area contributed by atoms with Crippen molar-refractivity contribution in [3.05, 3.63) is 39.3 Å². The zero-order valence-corrected chi connectivity index (χ0v) is 13.7. The summed E-state index contributed by atoms with van der Waals surface area (Å²) in [7, 11) is 0. The lowest BCUT2D eigenvalue weighted by atomic mass is 9.97. The lowest BCUT2D eigenvalue weighted by Crippen LogP contribution is -2.32. The molecule has 0 saturated carbocycles. The summed E-state index contributed by atoms with van der Waals surface area (Å²) in [6, 6.07) is 5.69. The Morgan fingerprint density at radius 2 is 2.26 bits per heavy atom. The highest BCUT2D eigenvalue weighted by Gasteiger charge is 2.25. The zero-order valence-electron chi connectivity index (χ0n) is 12.9. The number of thiazole rings is 1. The number of benzene rings is 1. The molecule has 0 radical (unpaired) electrons. The number of carbonyl (C=O) groups is 1. The fraction of sp³-hybridized carbons (Fsp3) is 0.412. The molecule has 2 heterocycles. The summed E-state index contributed by atoms with van der Waals surface area (Å²) >= 11 is 1.75. The van der Waals surface area contributed by atoms with Crippen molar-refractivity contribution in [1.82, 2.24) is 10.3 Å². The summed E-state index contributed by atoms with van der Waals surface area (Å²) in [5, 5.41) is 4.21. The number of nitrogens with one attached hydrogen (secondary N) is 1. The van der Waals surface area contributed by atoms with E-state index in [1.807, 2.05) is 25.1 Å². The van der Waals surface area contributed by atoms with Gasteiger partial charge in [-0.15, -0.1) is 11.3 Å². The average Bonchev–Trinajstić information content (AvgIpc) is 3.12. The minimum Gasteiger partial charge on any atom is -0.454 e. The molecule has 1 aromatic carbocycles. The number of aryl methyl sites for hydroxylation is 2. The first-order valence-corrected chi connectivity index (χ1v) is 8.65. The molecule has 1 unspecified atom stereocenters. The molecular formula is C17H18N2O3S. The van der Waals surface area contributed by atoms with E-state index < -0.39 is 0 Å². The molecule has 0 bridgehead atoms. The number of ether oxygens (including phenoxy) is 2. The predicted octanol–water partition coefficient (Wildman–Crippen LogP) is 2.92. The van der Waals surface area contributed by atoms with E-state index in [1.54, 1.807) is 11.3 Å². The molecular weight excluding hydrogens is 312 g/mol. The standard InChI is InChI=1S/C17H18N2O3S/c1-10-18-17-12(3-2-4-15(17)23-10)19-16(20)8-11-5-6-13-14(7-11)22-9-21-13/h5-7,12H,2-4,8-9H2,1H3,(H,19,20). The molecule has 4 rings (SSSR count). The van der Waals surface area contributed by atoms with Crippen LogP contribution in [0.25, 0.3) is 0 Å². The van der Waals surface area contributed by atoms with Gasteiger partial charge < -0.3 is 14.8 Å². The molecule has 1 aliphatic heterocycles. The Labute approximate surface area is 138 Å². The minimum atomic E-state index is 0.0207. The fourth-order valence-electron chi connectivity index (χ4n) is 3.16. The maximum Gasteiger partial charge on any atom is 0.231 e. The predicted molar refractivity (Wildman–Crippen MR) is 86.9 cm³/mol. The Hall–Kier alpha value is -2.08. The van der Waals surface area contributed by atoms with E-state index in [4.69, 9.17) is 9.47 Å². The van der Waals surface area contributed by atoms with Crippen LogP contribution in [0.1, 0.15) is 40.0 Å². The van der Waals surface area contributed by atoms with Gasteiger partial charge in [0.1, 0.15) is 0 Å². The highest BCUT2D eigenvalue weighted by molar-refractivity contribution is 7.11. The van der Waals surface area contributed by atoms with Crippen LogP contribution in [0.15, 0.2) is 18.2 Å². The van der Waals surface area contributed by atoms with Crippen molar-refractivity contribution in [2.75, 3.05) is 6.79 Å². The summed E-state index contributed by atoms with van der Waals surface area (Å²) in [5.41, 5.74) is 2.00. The second kappa shape index (κ2) is 5.85. The van der Waals surface area contributed by atoms with Crippen molar-refractivity contribution in [2.45, 2.75) is 38.6 Å². The number of hydrogen-bond donors (Lipinski definition) is 1. The van der Waals surface area contributed by atoms with E-state index in [0.717, 1.165) is 41.3 Å². The maximum absolute atomic E-state index is 12.4. The number of rotatable bonds is 3. The summed E-state index contributed by atoms with van der Waals surface area (Å²) in [5.74, 6) is 1.47. The molecule has 6 heteroatoms. The van der Waals surface area contributed by atoms with Crippen molar-refractivity contribution in [1.29, 1.82) is 0 Å². The fourth-order valence-corrected chi connectivity index (χ4v) is 4.20. The third-order valence-electron chi connectivity index (χ3n) is 4.20. The van der Waals surface area contributed by atoms with Gasteiger partial charge in [0.2, 0.25) is 12.7 Å². The molecule has 120 valence electrons. The largest absolute Gasteiger partial charge is 0.454 e. The third kappa shape index (κ3) is 2.91. The van der Waals surface area contributed by atoms with Crippen LogP contribution in [0.5, 0.6) is 11.5 Å². The molecule has 1 aliphatic carbocycles. The van der Waals surface area contributed by atoms with Crippen molar-refractivity contribution < 1.29 is 14.3 Å². The van der Waals surface area contributed by atoms with Gasteiger partial charge in [0.15, 0.2) is 11.5 Å². The SMILES string of the molecule is Cc1nc2c(s1)CCCC2NC(=O)Cc1ccc2c(c1)OCO2. The van der Waals surface area contributed by atoms with E-state index in [-0.39, 0.29) is 18.7 Å². The molecule has 23 heavy (non-hydrogen) atoms. The summed E-state index contributed by atoms with van der Waals surface area (Å²) in [6.07, 6.45) is 3.48. The zero-order chi connectivity index (χ0) is 15.8. The number of aromatic nitrogens is 1. The Morgan fingerprint density at radius 3 is 3.17 bits per heavy atom. The lowest BCUT2D eigenvalue weighted by molar-refractivity contribution is -0.121. The van der Waals surface area contributed by atoms with Crippen LogP contribution in [0.3, 0.4) is 0 Å². The van der Waals surface area contributed by atoms with Crippen LogP contribution in [-0.2, 0) is 17.6 Å². The first-order valence-electron chi connectivity index (χ1n) is 7.83. The van der Waals surface area contributed by atoms with Gasteiger partial charge in [-0.1, -0.05) is 6.07 Å². The van der Waals surface area contributed by atoms with Crippen molar-refractivity contribution >= 4 is 17.2 Å². The van der Waals surface area contributed by atoms with Crippen molar-refractivity contribution in [2.24, 2.45) is 0 Å². The van der Waals surface area contributed by atoms with Gasteiger partial charge in [0.05, 0.1) is 23.2 Å². The molecule has 0 saturated heterocycles. The normalized spacial score (nSPS) is 18.6. The van der Waals surface area contributed by atoms with E-state index in [0.29, 0.717) is 12.2 Å². The molecule has 1 N–H and O–H groups in total. The van der Waals surface area contributed by atoms with Crippen molar-refractivity contribution in [3.8, 4) is 11.5 Å². The number of hydrogen-bond acceptors (Lipinski definition) is 5. The molecule has 2 aromatic rings. The van der Waals surface area contributed by atoms with Gasteiger partial charge in [0, 0.05) is 4.88 Å². The Bertz CT molecular complexity index is 756. The first kappa shape index (κ1) is 14.5. The second-order valence-corrected chi connectivity index (χ2v) is 7.21. The van der Waals surface area contributed by atoms with E-state index in [1.165, 1.54) is 4.88 Å². The van der Waals surface area contributed by atoms with Gasteiger partial charge in [-0.05, 0) is 43.9 Å². The quantitative estimate of drug-likeness (QED) is 0.940. The number of nitrogens with zero attached hydrogens (tertiary/aromatic N) is 1. The highest BCUT2D eigenvalue weighted by atomic mass is 32.1. The minimum absolute atomic E-state index is 0.0207. The Balaban J connectivity index is 1.44. The molecule has 0 fully saturated rings. The van der Waals surface area contributed by atoms with Crippen molar-refractivity contribution in [3.63, 3.8) is 0 Å². The van der Waals surface area contributed by atoms with E-state index in [9.17, 15) is 4.79 Å². The monoisotopic (exact) mass is 330 g/mol. The maximum atomic E-state index is 12.4. The van der Waals surface area contributed by atoms with E-state index >= 15 is 0 Å². The average molecular weight is 330 g/mol. The van der Waals surface area contributed by atoms with E-state index in [2.05, 4.69) is 10.3 Å². The third-order valence-corrected chi connectivity index (χ3v) is 5.24. The smallest absolute Gasteiger partial charge is 0.231 e. The van der Waals surface area contributed by atoms with Gasteiger partial charge in [-0.3, -0.25) is 4.79 Å². The van der Waals surface area contributed by atoms with Gasteiger partial charge >= 0.3 is 0 Å². The van der Waals surface area contributed by atoms with Gasteiger partial charge in [-0.2, -0.15) is 0 Å². The Morgan fingerprint density at radius 1 is 1.39 bits per heavy atom. The molecule has 2 aliphatic rings. The highest BCUT2D eigenvalue weighted by Crippen LogP contribution is 2.34. The van der Waals surface area contributed by atoms with Crippen LogP contribution in [0.4, 0.5) is 0 Å². The van der Waals surface area contributed by atoms with Crippen LogP contribution in [-0.4, -0.2) is 17.7 Å². The second-order valence-electron chi connectivity index (χ2n) is 5.92. The summed E-state index contributed by atoms with van der Waals surface area (Å²) < 4.78 is 10.6.